The molecule has 5 heteroatoms. The molecule has 0 radical (unpaired) electrons. The van der Waals surface area contributed by atoms with E-state index in [4.69, 9.17) is 10.3 Å². The van der Waals surface area contributed by atoms with Gasteiger partial charge in [-0.2, -0.15) is 0 Å². The molecule has 0 saturated carbocycles. The molecule has 0 unspecified atom stereocenters. The van der Waals surface area contributed by atoms with Crippen molar-refractivity contribution >= 4 is 11.7 Å². The second-order valence-electron chi connectivity index (χ2n) is 4.99. The molecule has 0 aromatic heterocycles. The van der Waals surface area contributed by atoms with E-state index in [2.05, 4.69) is 16.9 Å². The van der Waals surface area contributed by atoms with Crippen LogP contribution in [0.2, 0.25) is 0 Å². The van der Waals surface area contributed by atoms with E-state index >= 15 is 0 Å². The quantitative estimate of drug-likeness (QED) is 0.186. The number of benzene rings is 1. The molecule has 0 bridgehead atoms. The van der Waals surface area contributed by atoms with Crippen LogP contribution in [-0.2, 0) is 4.74 Å². The number of hydrogen-bond acceptors (Lipinski definition) is 3. The van der Waals surface area contributed by atoms with Gasteiger partial charge in [-0.25, -0.2) is 4.79 Å². The Bertz CT molecular complexity index is 465. The fourth-order valence-electron chi connectivity index (χ4n) is 2.02. The Hall–Kier alpha value is -2.00. The molecule has 114 valence electrons. The average molecular weight is 289 g/mol. The van der Waals surface area contributed by atoms with E-state index < -0.39 is 0 Å². The van der Waals surface area contributed by atoms with Gasteiger partial charge >= 0.3 is 5.97 Å². The van der Waals surface area contributed by atoms with Crippen molar-refractivity contribution in [2.75, 3.05) is 6.61 Å². The molecule has 0 atom stereocenters. The Morgan fingerprint density at radius 3 is 2.33 bits per heavy atom. The SMILES string of the molecule is CCCCCCCCCOC(=O)c1ccc(N=[N+]=[N-])cc1. The lowest BCUT2D eigenvalue weighted by atomic mass is 10.1. The van der Waals surface area contributed by atoms with Gasteiger partial charge in [0.15, 0.2) is 0 Å². The summed E-state index contributed by atoms with van der Waals surface area (Å²) in [4.78, 5) is 14.4. The fraction of sp³-hybridized carbons (Fsp3) is 0.562. The van der Waals surface area contributed by atoms with Crippen molar-refractivity contribution in [1.82, 2.24) is 0 Å². The lowest BCUT2D eigenvalue weighted by molar-refractivity contribution is 0.0497. The zero-order valence-corrected chi connectivity index (χ0v) is 12.6. The number of nitrogens with zero attached hydrogens (tertiary/aromatic N) is 3. The van der Waals surface area contributed by atoms with Crippen LogP contribution in [0.3, 0.4) is 0 Å². The summed E-state index contributed by atoms with van der Waals surface area (Å²) in [6.07, 6.45) is 8.35. The largest absolute Gasteiger partial charge is 0.462 e. The standard InChI is InChI=1S/C16H23N3O2/c1-2-3-4-5-6-7-8-13-21-16(20)14-9-11-15(12-10-14)18-19-17/h9-12H,2-8,13H2,1H3. The van der Waals surface area contributed by atoms with Crippen LogP contribution in [0.1, 0.15) is 62.2 Å². The molecule has 0 aliphatic heterocycles. The number of carbonyl (C=O) groups excluding carboxylic acids is 1. The molecule has 1 rings (SSSR count). The highest BCUT2D eigenvalue weighted by Crippen LogP contribution is 2.14. The summed E-state index contributed by atoms with van der Waals surface area (Å²) in [5.41, 5.74) is 9.27. The minimum Gasteiger partial charge on any atom is -0.462 e. The van der Waals surface area contributed by atoms with Crippen molar-refractivity contribution in [2.24, 2.45) is 5.11 Å². The van der Waals surface area contributed by atoms with Gasteiger partial charge in [0.05, 0.1) is 12.2 Å². The molecule has 0 N–H and O–H groups in total. The van der Waals surface area contributed by atoms with Crippen molar-refractivity contribution in [2.45, 2.75) is 51.9 Å². The number of ether oxygens (including phenoxy) is 1. The Morgan fingerprint density at radius 1 is 1.10 bits per heavy atom. The molecule has 0 heterocycles. The summed E-state index contributed by atoms with van der Waals surface area (Å²) in [6.45, 7) is 2.67. The first-order chi connectivity index (χ1) is 10.3. The summed E-state index contributed by atoms with van der Waals surface area (Å²) in [5, 5.41) is 3.45. The van der Waals surface area contributed by atoms with E-state index in [0.29, 0.717) is 17.9 Å². The fourth-order valence-corrected chi connectivity index (χ4v) is 2.02. The molecule has 0 spiro atoms. The van der Waals surface area contributed by atoms with Crippen LogP contribution in [0.15, 0.2) is 29.4 Å². The number of hydrogen-bond donors (Lipinski definition) is 0. The first-order valence-corrected chi connectivity index (χ1v) is 7.60. The lowest BCUT2D eigenvalue weighted by Gasteiger charge is -2.05. The molecule has 0 fully saturated rings. The molecule has 0 aliphatic rings. The summed E-state index contributed by atoms with van der Waals surface area (Å²) in [5.74, 6) is -0.325. The first-order valence-electron chi connectivity index (χ1n) is 7.60. The van der Waals surface area contributed by atoms with Gasteiger partial charge in [-0.15, -0.1) is 0 Å². The van der Waals surface area contributed by atoms with Crippen molar-refractivity contribution in [3.63, 3.8) is 0 Å². The van der Waals surface area contributed by atoms with Gasteiger partial charge in [0.1, 0.15) is 0 Å². The van der Waals surface area contributed by atoms with Crippen LogP contribution in [0.5, 0.6) is 0 Å². The normalized spacial score (nSPS) is 9.95. The van der Waals surface area contributed by atoms with Crippen LogP contribution >= 0.6 is 0 Å². The van der Waals surface area contributed by atoms with Crippen molar-refractivity contribution in [1.29, 1.82) is 0 Å². The number of unbranched alkanes of at least 4 members (excludes halogenated alkanes) is 6. The first kappa shape index (κ1) is 17.1. The highest BCUT2D eigenvalue weighted by atomic mass is 16.5. The Morgan fingerprint density at radius 2 is 1.71 bits per heavy atom. The number of carbonyl (C=O) groups is 1. The molecule has 0 amide bonds. The monoisotopic (exact) mass is 289 g/mol. The molecule has 1 aromatic rings. The lowest BCUT2D eigenvalue weighted by Crippen LogP contribution is -2.06. The van der Waals surface area contributed by atoms with Crippen LogP contribution in [0.4, 0.5) is 5.69 Å². The summed E-state index contributed by atoms with van der Waals surface area (Å²) in [7, 11) is 0. The maximum Gasteiger partial charge on any atom is 0.338 e. The predicted octanol–water partition coefficient (Wildman–Crippen LogP) is 5.54. The van der Waals surface area contributed by atoms with Gasteiger partial charge < -0.3 is 4.74 Å². The molecular weight excluding hydrogens is 266 g/mol. The summed E-state index contributed by atoms with van der Waals surface area (Å²) < 4.78 is 5.21. The van der Waals surface area contributed by atoms with Crippen LogP contribution in [0, 0.1) is 0 Å². The van der Waals surface area contributed by atoms with Crippen molar-refractivity contribution in [3.8, 4) is 0 Å². The number of rotatable bonds is 10. The van der Waals surface area contributed by atoms with Gasteiger partial charge in [-0.05, 0) is 24.1 Å². The third-order valence-electron chi connectivity index (χ3n) is 3.24. The smallest absolute Gasteiger partial charge is 0.338 e. The van der Waals surface area contributed by atoms with Gasteiger partial charge in [-0.3, -0.25) is 0 Å². The van der Waals surface area contributed by atoms with E-state index in [1.54, 1.807) is 24.3 Å². The topological polar surface area (TPSA) is 75.1 Å². The van der Waals surface area contributed by atoms with Crippen molar-refractivity contribution < 1.29 is 9.53 Å². The Labute approximate surface area is 125 Å². The Balaban J connectivity index is 2.17. The minimum absolute atomic E-state index is 0.325. The summed E-state index contributed by atoms with van der Waals surface area (Å²) in [6, 6.07) is 6.42. The third-order valence-corrected chi connectivity index (χ3v) is 3.24. The van der Waals surface area contributed by atoms with E-state index in [9.17, 15) is 4.79 Å². The predicted molar refractivity (Wildman–Crippen MR) is 83.5 cm³/mol. The van der Waals surface area contributed by atoms with Gasteiger partial charge in [0.2, 0.25) is 0 Å². The zero-order chi connectivity index (χ0) is 15.3. The summed E-state index contributed by atoms with van der Waals surface area (Å²) >= 11 is 0. The maximum atomic E-state index is 11.8. The van der Waals surface area contributed by atoms with E-state index in [1.807, 2.05) is 0 Å². The minimum atomic E-state index is -0.325. The second-order valence-corrected chi connectivity index (χ2v) is 4.99. The molecule has 1 aromatic carbocycles. The molecule has 0 aliphatic carbocycles. The highest BCUT2D eigenvalue weighted by Gasteiger charge is 2.06. The Kier molecular flexibility index (Phi) is 8.73. The third kappa shape index (κ3) is 7.37. The number of azide groups is 1. The van der Waals surface area contributed by atoms with E-state index in [0.717, 1.165) is 12.8 Å². The van der Waals surface area contributed by atoms with Gasteiger partial charge in [-0.1, -0.05) is 62.7 Å². The van der Waals surface area contributed by atoms with Crippen LogP contribution in [-0.4, -0.2) is 12.6 Å². The zero-order valence-electron chi connectivity index (χ0n) is 12.6. The molecule has 5 nitrogen and oxygen atoms in total. The van der Waals surface area contributed by atoms with Gasteiger partial charge in [0.25, 0.3) is 0 Å². The van der Waals surface area contributed by atoms with E-state index in [-0.39, 0.29) is 5.97 Å². The van der Waals surface area contributed by atoms with E-state index in [1.165, 1.54) is 32.1 Å². The van der Waals surface area contributed by atoms with Gasteiger partial charge in [0, 0.05) is 10.6 Å². The van der Waals surface area contributed by atoms with Crippen LogP contribution < -0.4 is 0 Å². The maximum absolute atomic E-state index is 11.8. The number of esters is 1. The molecule has 21 heavy (non-hydrogen) atoms. The van der Waals surface area contributed by atoms with Crippen molar-refractivity contribution in [3.05, 3.63) is 40.3 Å². The molecular formula is C16H23N3O2. The highest BCUT2D eigenvalue weighted by molar-refractivity contribution is 5.89. The second kappa shape index (κ2) is 10.7. The molecule has 0 saturated heterocycles. The van der Waals surface area contributed by atoms with Crippen LogP contribution in [0.25, 0.3) is 10.4 Å². The average Bonchev–Trinajstić information content (AvgIpc) is 2.51.